The first-order valence-electron chi connectivity index (χ1n) is 8.67. The predicted octanol–water partition coefficient (Wildman–Crippen LogP) is 4.92. The molecule has 1 unspecified atom stereocenters. The van der Waals surface area contributed by atoms with Crippen LogP contribution in [0, 0.1) is 12.4 Å². The Labute approximate surface area is 155 Å². The van der Waals surface area contributed by atoms with E-state index in [0.29, 0.717) is 17.2 Å². The molecule has 0 fully saturated rings. The van der Waals surface area contributed by atoms with Crippen molar-refractivity contribution in [1.82, 2.24) is 24.1 Å². The Morgan fingerprint density at radius 1 is 1.15 bits per heavy atom. The van der Waals surface area contributed by atoms with Crippen LogP contribution in [0.2, 0.25) is 0 Å². The highest BCUT2D eigenvalue weighted by Crippen LogP contribution is 2.33. The van der Waals surface area contributed by atoms with Gasteiger partial charge >= 0.3 is 0 Å². The molecule has 0 saturated carbocycles. The third-order valence-electron chi connectivity index (χ3n) is 4.68. The average Bonchev–Trinajstić information content (AvgIpc) is 3.31. The summed E-state index contributed by atoms with van der Waals surface area (Å²) in [4.78, 5) is 12.3. The maximum atomic E-state index is 13.4. The molecule has 3 heterocycles. The van der Waals surface area contributed by atoms with Crippen molar-refractivity contribution in [3.8, 4) is 22.6 Å². The third kappa shape index (κ3) is 2.85. The molecule has 0 saturated heterocycles. The summed E-state index contributed by atoms with van der Waals surface area (Å²) in [6, 6.07) is 10.2. The summed E-state index contributed by atoms with van der Waals surface area (Å²) in [5.41, 5.74) is 3.67. The summed E-state index contributed by atoms with van der Waals surface area (Å²) in [6.45, 7) is 11.5. The SMILES string of the molecule is [C-]#[N+]c1cnc2ccc(-c3c(-c4ccc(F)cc4)ncn3C(C)CC)nn12. The lowest BCUT2D eigenvalue weighted by molar-refractivity contribution is 0.534. The quantitative estimate of drug-likeness (QED) is 0.485. The summed E-state index contributed by atoms with van der Waals surface area (Å²) < 4.78 is 17.0. The van der Waals surface area contributed by atoms with Crippen LogP contribution in [0.3, 0.4) is 0 Å². The molecule has 0 aliphatic heterocycles. The van der Waals surface area contributed by atoms with Gasteiger partial charge in [0.2, 0.25) is 5.65 Å². The smallest absolute Gasteiger partial charge is 0.275 e. The minimum atomic E-state index is -0.290. The van der Waals surface area contributed by atoms with Crippen molar-refractivity contribution in [2.24, 2.45) is 0 Å². The van der Waals surface area contributed by atoms with E-state index in [2.05, 4.69) is 38.3 Å². The lowest BCUT2D eigenvalue weighted by Gasteiger charge is -2.15. The van der Waals surface area contributed by atoms with Gasteiger partial charge in [0.05, 0.1) is 23.9 Å². The number of aromatic nitrogens is 5. The summed E-state index contributed by atoms with van der Waals surface area (Å²) >= 11 is 0. The highest BCUT2D eigenvalue weighted by Gasteiger charge is 2.21. The Kier molecular flexibility index (Phi) is 4.16. The number of hydrogen-bond acceptors (Lipinski definition) is 3. The predicted molar refractivity (Wildman–Crippen MR) is 101 cm³/mol. The van der Waals surface area contributed by atoms with Crippen molar-refractivity contribution in [3.05, 3.63) is 66.2 Å². The summed E-state index contributed by atoms with van der Waals surface area (Å²) in [6.07, 6.45) is 4.22. The van der Waals surface area contributed by atoms with Crippen LogP contribution < -0.4 is 0 Å². The number of rotatable bonds is 4. The molecule has 6 nitrogen and oxygen atoms in total. The van der Waals surface area contributed by atoms with E-state index in [1.807, 2.05) is 12.1 Å². The van der Waals surface area contributed by atoms with Crippen molar-refractivity contribution in [2.45, 2.75) is 26.3 Å². The Balaban J connectivity index is 1.96. The molecule has 4 rings (SSSR count). The largest absolute Gasteiger partial charge is 0.360 e. The number of imidazole rings is 2. The summed E-state index contributed by atoms with van der Waals surface area (Å²) in [5, 5.41) is 4.64. The minimum Gasteiger partial charge on any atom is -0.360 e. The molecule has 0 aliphatic carbocycles. The van der Waals surface area contributed by atoms with E-state index in [1.54, 1.807) is 18.5 Å². The fourth-order valence-electron chi connectivity index (χ4n) is 3.03. The van der Waals surface area contributed by atoms with Crippen LogP contribution >= 0.6 is 0 Å². The molecule has 7 heteroatoms. The van der Waals surface area contributed by atoms with Crippen molar-refractivity contribution in [1.29, 1.82) is 0 Å². The second-order valence-electron chi connectivity index (χ2n) is 6.33. The van der Waals surface area contributed by atoms with Crippen LogP contribution in [0.25, 0.3) is 33.1 Å². The van der Waals surface area contributed by atoms with Gasteiger partial charge in [-0.25, -0.2) is 14.4 Å². The van der Waals surface area contributed by atoms with Gasteiger partial charge in [-0.05, 0) is 43.7 Å². The maximum absolute atomic E-state index is 13.4. The van der Waals surface area contributed by atoms with Crippen LogP contribution in [-0.2, 0) is 0 Å². The molecule has 0 aliphatic rings. The number of hydrogen-bond donors (Lipinski definition) is 0. The lowest BCUT2D eigenvalue weighted by atomic mass is 10.1. The van der Waals surface area contributed by atoms with Crippen LogP contribution in [0.1, 0.15) is 26.3 Å². The van der Waals surface area contributed by atoms with Crippen LogP contribution in [0.15, 0.2) is 48.9 Å². The topological polar surface area (TPSA) is 52.4 Å². The molecule has 0 bridgehead atoms. The van der Waals surface area contributed by atoms with E-state index in [0.717, 1.165) is 23.4 Å². The van der Waals surface area contributed by atoms with E-state index < -0.39 is 0 Å². The molecule has 3 aromatic heterocycles. The maximum Gasteiger partial charge on any atom is 0.275 e. The molecule has 0 spiro atoms. The number of halogens is 1. The average molecular weight is 360 g/mol. The van der Waals surface area contributed by atoms with Crippen LogP contribution in [-0.4, -0.2) is 24.1 Å². The molecule has 0 N–H and O–H groups in total. The Morgan fingerprint density at radius 3 is 2.63 bits per heavy atom. The lowest BCUT2D eigenvalue weighted by Crippen LogP contribution is -2.06. The normalized spacial score (nSPS) is 12.2. The first kappa shape index (κ1) is 16.9. The number of benzene rings is 1. The monoisotopic (exact) mass is 360 g/mol. The highest BCUT2D eigenvalue weighted by molar-refractivity contribution is 5.77. The van der Waals surface area contributed by atoms with E-state index in [4.69, 9.17) is 6.57 Å². The van der Waals surface area contributed by atoms with Gasteiger partial charge in [-0.3, -0.25) is 0 Å². The summed E-state index contributed by atoms with van der Waals surface area (Å²) in [7, 11) is 0. The first-order chi connectivity index (χ1) is 13.1. The van der Waals surface area contributed by atoms with E-state index in [-0.39, 0.29) is 11.9 Å². The molecule has 27 heavy (non-hydrogen) atoms. The number of fused-ring (bicyclic) bond motifs is 1. The Morgan fingerprint density at radius 2 is 1.93 bits per heavy atom. The van der Waals surface area contributed by atoms with Crippen molar-refractivity contribution in [3.63, 3.8) is 0 Å². The van der Waals surface area contributed by atoms with Gasteiger partial charge in [0, 0.05) is 17.7 Å². The van der Waals surface area contributed by atoms with Gasteiger partial charge in [0.15, 0.2) is 0 Å². The standard InChI is InChI=1S/C20H17FN6/c1-4-13(2)26-12-24-19(14-5-7-15(21)8-6-14)20(26)16-9-10-17-23-11-18(22-3)27(17)25-16/h5-13H,4H2,1-2H3. The molecular formula is C20H17FN6. The van der Waals surface area contributed by atoms with Crippen LogP contribution in [0.4, 0.5) is 10.2 Å². The van der Waals surface area contributed by atoms with Crippen molar-refractivity contribution in [2.75, 3.05) is 0 Å². The third-order valence-corrected chi connectivity index (χ3v) is 4.68. The fraction of sp³-hybridized carbons (Fsp3) is 0.200. The van der Waals surface area contributed by atoms with Crippen molar-refractivity contribution >= 4 is 11.5 Å². The molecule has 4 aromatic rings. The fourth-order valence-corrected chi connectivity index (χ4v) is 3.03. The zero-order valence-electron chi connectivity index (χ0n) is 15.0. The molecule has 0 amide bonds. The second-order valence-corrected chi connectivity index (χ2v) is 6.33. The highest BCUT2D eigenvalue weighted by atomic mass is 19.1. The second kappa shape index (κ2) is 6.65. The summed E-state index contributed by atoms with van der Waals surface area (Å²) in [5.74, 6) is 0.0612. The van der Waals surface area contributed by atoms with E-state index in [1.165, 1.54) is 22.8 Å². The van der Waals surface area contributed by atoms with Crippen LogP contribution in [0.5, 0.6) is 0 Å². The van der Waals surface area contributed by atoms with Gasteiger partial charge in [-0.2, -0.15) is 0 Å². The Hall–Kier alpha value is -3.53. The van der Waals surface area contributed by atoms with Gasteiger partial charge < -0.3 is 9.41 Å². The number of nitrogens with zero attached hydrogens (tertiary/aromatic N) is 6. The first-order valence-corrected chi connectivity index (χ1v) is 8.67. The van der Waals surface area contributed by atoms with Gasteiger partial charge in [-0.15, -0.1) is 4.52 Å². The molecule has 1 aromatic carbocycles. The molecular weight excluding hydrogens is 343 g/mol. The zero-order chi connectivity index (χ0) is 19.0. The van der Waals surface area contributed by atoms with Gasteiger partial charge in [-0.1, -0.05) is 18.6 Å². The van der Waals surface area contributed by atoms with E-state index in [9.17, 15) is 4.39 Å². The van der Waals surface area contributed by atoms with Crippen molar-refractivity contribution < 1.29 is 4.39 Å². The zero-order valence-corrected chi connectivity index (χ0v) is 15.0. The van der Waals surface area contributed by atoms with Gasteiger partial charge in [0.25, 0.3) is 5.82 Å². The molecule has 0 radical (unpaired) electrons. The molecule has 134 valence electrons. The Bertz CT molecular complexity index is 1150. The van der Waals surface area contributed by atoms with E-state index >= 15 is 0 Å². The minimum absolute atomic E-state index is 0.210. The molecule has 1 atom stereocenters. The van der Waals surface area contributed by atoms with Gasteiger partial charge in [0.1, 0.15) is 11.5 Å².